The Morgan fingerprint density at radius 3 is 2.45 bits per heavy atom. The van der Waals surface area contributed by atoms with Crippen molar-refractivity contribution in [3.8, 4) is 0 Å². The molecule has 8 heteroatoms. The summed E-state index contributed by atoms with van der Waals surface area (Å²) in [5.41, 5.74) is 2.48. The zero-order chi connectivity index (χ0) is 23.8. The van der Waals surface area contributed by atoms with Crippen molar-refractivity contribution in [2.45, 2.75) is 56.6 Å². The number of amides is 1. The number of fused-ring (bicyclic) bond motifs is 1. The fourth-order valence-electron chi connectivity index (χ4n) is 4.32. The number of hydrogen-bond donors (Lipinski definition) is 0. The second-order valence-electron chi connectivity index (χ2n) is 9.73. The summed E-state index contributed by atoms with van der Waals surface area (Å²) < 4.78 is 31.6. The first kappa shape index (κ1) is 23.3. The Balaban J connectivity index is 1.41. The number of piperidine rings is 1. The first-order valence-electron chi connectivity index (χ1n) is 11.2. The van der Waals surface area contributed by atoms with E-state index >= 15 is 0 Å². The molecule has 0 unspecified atom stereocenters. The molecule has 0 atom stereocenters. The van der Waals surface area contributed by atoms with Crippen LogP contribution in [-0.2, 0) is 21.1 Å². The molecule has 0 bridgehead atoms. The summed E-state index contributed by atoms with van der Waals surface area (Å²) in [4.78, 5) is 19.1. The monoisotopic (exact) mass is 469 g/mol. The molecule has 176 valence electrons. The van der Waals surface area contributed by atoms with E-state index < -0.39 is 15.4 Å². The van der Waals surface area contributed by atoms with Crippen LogP contribution in [0.15, 0.2) is 53.7 Å². The number of pyridine rings is 1. The van der Waals surface area contributed by atoms with Crippen LogP contribution in [0.25, 0.3) is 10.9 Å². The second-order valence-corrected chi connectivity index (χ2v) is 11.7. The number of likely N-dealkylation sites (tertiary alicyclic amines) is 1. The molecular weight excluding hydrogens is 438 g/mol. The van der Waals surface area contributed by atoms with E-state index in [1.165, 1.54) is 11.8 Å². The molecule has 3 aromatic rings. The number of rotatable bonds is 4. The first-order chi connectivity index (χ1) is 15.5. The first-order valence-corrected chi connectivity index (χ1v) is 13.1. The smallest absolute Gasteiger partial charge is 0.410 e. The minimum absolute atomic E-state index is 0.243. The third kappa shape index (κ3) is 5.38. The molecule has 2 aromatic heterocycles. The van der Waals surface area contributed by atoms with Crippen molar-refractivity contribution in [2.75, 3.05) is 19.3 Å². The maximum atomic E-state index is 12.3. The SMILES string of the molecule is CC(C)(C)OC(=O)N1CCC(c2ccc(Cn3ccc4c(S(C)(=O)=O)cccc43)nc2)CC1. The highest BCUT2D eigenvalue weighted by Gasteiger charge is 2.27. The number of benzene rings is 1. The zero-order valence-electron chi connectivity index (χ0n) is 19.6. The lowest BCUT2D eigenvalue weighted by Gasteiger charge is -2.33. The van der Waals surface area contributed by atoms with Gasteiger partial charge in [0.05, 0.1) is 17.1 Å². The van der Waals surface area contributed by atoms with Crippen molar-refractivity contribution < 1.29 is 17.9 Å². The Hall–Kier alpha value is -2.87. The molecule has 1 aliphatic heterocycles. The van der Waals surface area contributed by atoms with Gasteiger partial charge in [-0.05, 0) is 69.4 Å². The van der Waals surface area contributed by atoms with E-state index in [1.54, 1.807) is 17.0 Å². The van der Waals surface area contributed by atoms with E-state index in [2.05, 4.69) is 11.1 Å². The molecule has 0 N–H and O–H groups in total. The number of hydrogen-bond acceptors (Lipinski definition) is 5. The molecule has 33 heavy (non-hydrogen) atoms. The van der Waals surface area contributed by atoms with Gasteiger partial charge in [0.1, 0.15) is 5.60 Å². The summed E-state index contributed by atoms with van der Waals surface area (Å²) in [6, 6.07) is 11.3. The average Bonchev–Trinajstić information content (AvgIpc) is 3.15. The molecular formula is C25H31N3O4S. The van der Waals surface area contributed by atoms with Gasteiger partial charge in [0.25, 0.3) is 0 Å². The molecule has 0 radical (unpaired) electrons. The van der Waals surface area contributed by atoms with Crippen LogP contribution in [0.1, 0.15) is 50.8 Å². The van der Waals surface area contributed by atoms with Gasteiger partial charge >= 0.3 is 6.09 Å². The van der Waals surface area contributed by atoms with Gasteiger partial charge in [-0.15, -0.1) is 0 Å². The Morgan fingerprint density at radius 2 is 1.85 bits per heavy atom. The fraction of sp³-hybridized carbons (Fsp3) is 0.440. The van der Waals surface area contributed by atoms with Gasteiger partial charge in [0.15, 0.2) is 9.84 Å². The van der Waals surface area contributed by atoms with E-state index in [9.17, 15) is 13.2 Å². The average molecular weight is 470 g/mol. The van der Waals surface area contributed by atoms with Crippen molar-refractivity contribution in [1.82, 2.24) is 14.5 Å². The van der Waals surface area contributed by atoms with Gasteiger partial charge in [-0.1, -0.05) is 12.1 Å². The lowest BCUT2D eigenvalue weighted by molar-refractivity contribution is 0.0205. The van der Waals surface area contributed by atoms with Crippen LogP contribution >= 0.6 is 0 Å². The van der Waals surface area contributed by atoms with Crippen molar-refractivity contribution in [3.05, 3.63) is 60.0 Å². The maximum absolute atomic E-state index is 12.3. The summed E-state index contributed by atoms with van der Waals surface area (Å²) in [5.74, 6) is 0.370. The largest absolute Gasteiger partial charge is 0.444 e. The Labute approximate surface area is 195 Å². The lowest BCUT2D eigenvalue weighted by atomic mass is 9.90. The van der Waals surface area contributed by atoms with Gasteiger partial charge in [-0.25, -0.2) is 13.2 Å². The van der Waals surface area contributed by atoms with Crippen LogP contribution in [0.4, 0.5) is 4.79 Å². The summed E-state index contributed by atoms with van der Waals surface area (Å²) in [7, 11) is -3.29. The minimum atomic E-state index is -3.29. The Morgan fingerprint density at radius 1 is 1.12 bits per heavy atom. The number of carbonyl (C=O) groups excluding carboxylic acids is 1. The predicted molar refractivity (Wildman–Crippen MR) is 128 cm³/mol. The second kappa shape index (κ2) is 8.82. The molecule has 0 saturated carbocycles. The van der Waals surface area contributed by atoms with Crippen molar-refractivity contribution in [3.63, 3.8) is 0 Å². The highest BCUT2D eigenvalue weighted by atomic mass is 32.2. The third-order valence-electron chi connectivity index (χ3n) is 5.97. The van der Waals surface area contributed by atoms with Crippen LogP contribution in [0.5, 0.6) is 0 Å². The van der Waals surface area contributed by atoms with Crippen LogP contribution in [0, 0.1) is 0 Å². The summed E-state index contributed by atoms with van der Waals surface area (Å²) in [5, 5.41) is 0.730. The van der Waals surface area contributed by atoms with E-state index in [-0.39, 0.29) is 6.09 Å². The maximum Gasteiger partial charge on any atom is 0.410 e. The number of aromatic nitrogens is 2. The molecule has 0 aliphatic carbocycles. The van der Waals surface area contributed by atoms with Crippen molar-refractivity contribution in [2.24, 2.45) is 0 Å². The van der Waals surface area contributed by atoms with Gasteiger partial charge < -0.3 is 14.2 Å². The van der Waals surface area contributed by atoms with Gasteiger partial charge in [0, 0.05) is 42.6 Å². The number of sulfone groups is 1. The minimum Gasteiger partial charge on any atom is -0.444 e. The molecule has 4 rings (SSSR count). The highest BCUT2D eigenvalue weighted by Crippen LogP contribution is 2.29. The molecule has 1 amide bonds. The van der Waals surface area contributed by atoms with Crippen LogP contribution in [0.3, 0.4) is 0 Å². The Bertz CT molecular complexity index is 1250. The topological polar surface area (TPSA) is 81.5 Å². The fourth-order valence-corrected chi connectivity index (χ4v) is 5.22. The number of carbonyl (C=O) groups is 1. The summed E-state index contributed by atoms with van der Waals surface area (Å²) >= 11 is 0. The molecule has 7 nitrogen and oxygen atoms in total. The molecule has 0 spiro atoms. The van der Waals surface area contributed by atoms with E-state index in [4.69, 9.17) is 4.74 Å². The van der Waals surface area contributed by atoms with Gasteiger partial charge in [-0.3, -0.25) is 4.98 Å². The van der Waals surface area contributed by atoms with Crippen molar-refractivity contribution >= 4 is 26.8 Å². The molecule has 1 aromatic carbocycles. The quantitative estimate of drug-likeness (QED) is 0.558. The predicted octanol–water partition coefficient (Wildman–Crippen LogP) is 4.60. The summed E-state index contributed by atoms with van der Waals surface area (Å²) in [6.07, 6.45) is 6.59. The van der Waals surface area contributed by atoms with Gasteiger partial charge in [-0.2, -0.15) is 0 Å². The Kier molecular flexibility index (Phi) is 6.22. The number of ether oxygens (including phenoxy) is 1. The van der Waals surface area contributed by atoms with Gasteiger partial charge in [0.2, 0.25) is 0 Å². The van der Waals surface area contributed by atoms with Crippen LogP contribution < -0.4 is 0 Å². The van der Waals surface area contributed by atoms with Crippen LogP contribution in [0.2, 0.25) is 0 Å². The van der Waals surface area contributed by atoms with E-state index in [1.807, 2.05) is 55.9 Å². The normalized spacial score (nSPS) is 15.7. The summed E-state index contributed by atoms with van der Waals surface area (Å²) in [6.45, 7) is 7.57. The molecule has 3 heterocycles. The van der Waals surface area contributed by atoms with E-state index in [0.29, 0.717) is 30.4 Å². The third-order valence-corrected chi connectivity index (χ3v) is 7.13. The van der Waals surface area contributed by atoms with E-state index in [0.717, 1.165) is 29.4 Å². The van der Waals surface area contributed by atoms with Crippen LogP contribution in [-0.4, -0.2) is 53.9 Å². The highest BCUT2D eigenvalue weighted by molar-refractivity contribution is 7.91. The lowest BCUT2D eigenvalue weighted by Crippen LogP contribution is -2.41. The molecule has 1 aliphatic rings. The van der Waals surface area contributed by atoms with Crippen molar-refractivity contribution in [1.29, 1.82) is 0 Å². The zero-order valence-corrected chi connectivity index (χ0v) is 20.4. The standard InChI is InChI=1S/C25H31N3O4S/c1-25(2,3)32-24(29)27-13-10-18(11-14-27)19-8-9-20(26-16-19)17-28-15-12-21-22(28)6-5-7-23(21)33(4,30)31/h5-9,12,15-16,18H,10-11,13-14,17H2,1-4H3. The number of nitrogens with zero attached hydrogens (tertiary/aromatic N) is 3. The molecule has 1 saturated heterocycles. The molecule has 1 fully saturated rings.